The normalized spacial score (nSPS) is 22.0. The van der Waals surface area contributed by atoms with Gasteiger partial charge in [0.25, 0.3) is 5.91 Å². The molecule has 0 heterocycles. The Kier molecular flexibility index (Phi) is 5.23. The first-order chi connectivity index (χ1) is 10.0. The maximum atomic E-state index is 12.8. The van der Waals surface area contributed by atoms with Gasteiger partial charge in [0.15, 0.2) is 0 Å². The molecule has 0 aliphatic heterocycles. The molecule has 0 unspecified atom stereocenters. The van der Waals surface area contributed by atoms with Gasteiger partial charge in [-0.3, -0.25) is 4.79 Å². The summed E-state index contributed by atoms with van der Waals surface area (Å²) < 4.78 is 0. The van der Waals surface area contributed by atoms with Gasteiger partial charge in [0, 0.05) is 24.2 Å². The molecule has 1 aliphatic rings. The minimum Gasteiger partial charge on any atom is -0.508 e. The van der Waals surface area contributed by atoms with Crippen LogP contribution in [0.1, 0.15) is 54.9 Å². The highest BCUT2D eigenvalue weighted by Gasteiger charge is 2.28. The fourth-order valence-electron chi connectivity index (χ4n) is 3.01. The lowest BCUT2D eigenvalue weighted by molar-refractivity contribution is 0.0626. The Hall–Kier alpha value is -1.55. The third kappa shape index (κ3) is 3.76. The summed E-state index contributed by atoms with van der Waals surface area (Å²) in [6, 6.07) is 5.73. The zero-order valence-electron chi connectivity index (χ0n) is 13.0. The Balaban J connectivity index is 2.16. The number of hydrogen-bond acceptors (Lipinski definition) is 3. The summed E-state index contributed by atoms with van der Waals surface area (Å²) in [6.45, 7) is 4.67. The van der Waals surface area contributed by atoms with Crippen LogP contribution in [-0.2, 0) is 0 Å². The second kappa shape index (κ2) is 6.94. The molecule has 2 rings (SSSR count). The van der Waals surface area contributed by atoms with Crippen molar-refractivity contribution < 1.29 is 9.90 Å². The van der Waals surface area contributed by atoms with Gasteiger partial charge in [-0.2, -0.15) is 0 Å². The minimum absolute atomic E-state index is 0.0209. The molecular formula is C17H26N2O2. The number of benzene rings is 1. The maximum Gasteiger partial charge on any atom is 0.254 e. The van der Waals surface area contributed by atoms with E-state index in [4.69, 9.17) is 5.73 Å². The molecule has 4 nitrogen and oxygen atoms in total. The number of phenolic OH excluding ortho intramolecular Hbond substituents is 1. The molecule has 0 radical (unpaired) electrons. The Labute approximate surface area is 126 Å². The number of hydrogen-bond donors (Lipinski definition) is 2. The van der Waals surface area contributed by atoms with Crippen LogP contribution in [0.15, 0.2) is 18.2 Å². The lowest BCUT2D eigenvalue weighted by atomic mass is 9.90. The van der Waals surface area contributed by atoms with Crippen molar-refractivity contribution in [3.05, 3.63) is 29.3 Å². The summed E-state index contributed by atoms with van der Waals surface area (Å²) in [5.74, 6) is 0.204. The van der Waals surface area contributed by atoms with Crippen LogP contribution in [0.25, 0.3) is 0 Å². The number of nitrogens with two attached hydrogens (primary N) is 1. The van der Waals surface area contributed by atoms with Crippen LogP contribution in [-0.4, -0.2) is 34.5 Å². The lowest BCUT2D eigenvalue weighted by Crippen LogP contribution is -2.44. The van der Waals surface area contributed by atoms with Gasteiger partial charge in [-0.25, -0.2) is 0 Å². The smallest absolute Gasteiger partial charge is 0.254 e. The van der Waals surface area contributed by atoms with Crippen LogP contribution in [0.4, 0.5) is 0 Å². The van der Waals surface area contributed by atoms with Gasteiger partial charge in [-0.15, -0.1) is 0 Å². The number of aryl methyl sites for hydroxylation is 1. The van der Waals surface area contributed by atoms with Crippen LogP contribution in [0.3, 0.4) is 0 Å². The number of nitrogens with zero attached hydrogens (tertiary/aromatic N) is 1. The van der Waals surface area contributed by atoms with Gasteiger partial charge in [0.1, 0.15) is 5.75 Å². The van der Waals surface area contributed by atoms with Crippen LogP contribution >= 0.6 is 0 Å². The Morgan fingerprint density at radius 2 is 2.00 bits per heavy atom. The number of phenols is 1. The van der Waals surface area contributed by atoms with E-state index in [1.54, 1.807) is 18.2 Å². The van der Waals surface area contributed by atoms with Crippen molar-refractivity contribution in [1.29, 1.82) is 0 Å². The topological polar surface area (TPSA) is 66.6 Å². The molecule has 4 heteroatoms. The van der Waals surface area contributed by atoms with Crippen molar-refractivity contribution in [3.63, 3.8) is 0 Å². The second-order valence-electron chi connectivity index (χ2n) is 6.07. The van der Waals surface area contributed by atoms with E-state index >= 15 is 0 Å². The highest BCUT2D eigenvalue weighted by atomic mass is 16.3. The molecular weight excluding hydrogens is 264 g/mol. The zero-order chi connectivity index (χ0) is 15.4. The highest BCUT2D eigenvalue weighted by molar-refractivity contribution is 5.95. The molecule has 0 atom stereocenters. The van der Waals surface area contributed by atoms with Gasteiger partial charge in [-0.1, -0.05) is 13.0 Å². The minimum atomic E-state index is 0.0209. The molecule has 21 heavy (non-hydrogen) atoms. The first kappa shape index (κ1) is 15.8. The van der Waals surface area contributed by atoms with Crippen LogP contribution in [0.5, 0.6) is 5.75 Å². The number of aromatic hydroxyl groups is 1. The Bertz CT molecular complexity index is 494. The molecule has 0 bridgehead atoms. The Morgan fingerprint density at radius 1 is 1.33 bits per heavy atom. The lowest BCUT2D eigenvalue weighted by Gasteiger charge is -2.36. The highest BCUT2D eigenvalue weighted by Crippen LogP contribution is 2.25. The summed E-state index contributed by atoms with van der Waals surface area (Å²) in [5, 5.41) is 9.82. The predicted octanol–water partition coefficient (Wildman–Crippen LogP) is 2.82. The van der Waals surface area contributed by atoms with E-state index in [0.29, 0.717) is 5.56 Å². The number of amides is 1. The van der Waals surface area contributed by atoms with E-state index in [9.17, 15) is 9.90 Å². The molecule has 0 spiro atoms. The molecule has 1 aromatic carbocycles. The second-order valence-corrected chi connectivity index (χ2v) is 6.07. The van der Waals surface area contributed by atoms with E-state index < -0.39 is 0 Å². The van der Waals surface area contributed by atoms with Gasteiger partial charge in [0.2, 0.25) is 0 Å². The predicted molar refractivity (Wildman–Crippen MR) is 84.4 cm³/mol. The summed E-state index contributed by atoms with van der Waals surface area (Å²) in [6.07, 6.45) is 4.86. The van der Waals surface area contributed by atoms with E-state index in [1.165, 1.54) is 0 Å². The molecule has 1 aromatic rings. The van der Waals surface area contributed by atoms with Crippen molar-refractivity contribution in [2.75, 3.05) is 6.54 Å². The SMILES string of the molecule is CCCN(C(=O)c1ccc(C)c(O)c1)C1CCC(N)CC1. The molecule has 116 valence electrons. The summed E-state index contributed by atoms with van der Waals surface area (Å²) in [7, 11) is 0. The fourth-order valence-corrected chi connectivity index (χ4v) is 3.01. The van der Waals surface area contributed by atoms with Gasteiger partial charge in [-0.05, 0) is 56.7 Å². The summed E-state index contributed by atoms with van der Waals surface area (Å²) in [4.78, 5) is 14.7. The van der Waals surface area contributed by atoms with Gasteiger partial charge < -0.3 is 15.7 Å². The van der Waals surface area contributed by atoms with E-state index in [-0.39, 0.29) is 23.7 Å². The summed E-state index contributed by atoms with van der Waals surface area (Å²) in [5.41, 5.74) is 7.32. The number of carbonyl (C=O) groups excluding carboxylic acids is 1. The summed E-state index contributed by atoms with van der Waals surface area (Å²) >= 11 is 0. The van der Waals surface area contributed by atoms with Crippen molar-refractivity contribution in [1.82, 2.24) is 4.90 Å². The quantitative estimate of drug-likeness (QED) is 0.896. The maximum absolute atomic E-state index is 12.8. The largest absolute Gasteiger partial charge is 0.508 e. The molecule has 1 amide bonds. The Morgan fingerprint density at radius 3 is 2.57 bits per heavy atom. The molecule has 1 aliphatic carbocycles. The molecule has 3 N–H and O–H groups in total. The number of rotatable bonds is 4. The zero-order valence-corrected chi connectivity index (χ0v) is 13.0. The van der Waals surface area contributed by atoms with Crippen molar-refractivity contribution in [2.45, 2.75) is 58.0 Å². The molecule has 1 fully saturated rings. The fraction of sp³-hybridized carbons (Fsp3) is 0.588. The first-order valence-corrected chi connectivity index (χ1v) is 7.89. The molecule has 0 aromatic heterocycles. The molecule has 1 saturated carbocycles. The average Bonchev–Trinajstić information content (AvgIpc) is 2.48. The van der Waals surface area contributed by atoms with Crippen molar-refractivity contribution in [2.24, 2.45) is 5.73 Å². The molecule has 0 saturated heterocycles. The van der Waals surface area contributed by atoms with Crippen molar-refractivity contribution >= 4 is 5.91 Å². The van der Waals surface area contributed by atoms with Gasteiger partial charge >= 0.3 is 0 Å². The first-order valence-electron chi connectivity index (χ1n) is 7.89. The standard InChI is InChI=1S/C17H26N2O2/c1-3-10-19(15-8-6-14(18)7-9-15)17(21)13-5-4-12(2)16(20)11-13/h4-5,11,14-15,20H,3,6-10,18H2,1-2H3. The van der Waals surface area contributed by atoms with Gasteiger partial charge in [0.05, 0.1) is 0 Å². The van der Waals surface area contributed by atoms with Crippen LogP contribution in [0.2, 0.25) is 0 Å². The third-order valence-corrected chi connectivity index (χ3v) is 4.36. The van der Waals surface area contributed by atoms with E-state index in [1.807, 2.05) is 11.8 Å². The number of carbonyl (C=O) groups is 1. The van der Waals surface area contributed by atoms with E-state index in [2.05, 4.69) is 6.92 Å². The van der Waals surface area contributed by atoms with Crippen LogP contribution in [0, 0.1) is 6.92 Å². The van der Waals surface area contributed by atoms with Crippen LogP contribution < -0.4 is 5.73 Å². The monoisotopic (exact) mass is 290 g/mol. The van der Waals surface area contributed by atoms with E-state index in [0.717, 1.165) is 44.2 Å². The average molecular weight is 290 g/mol. The third-order valence-electron chi connectivity index (χ3n) is 4.36. The van der Waals surface area contributed by atoms with Crippen molar-refractivity contribution in [3.8, 4) is 5.75 Å².